The second kappa shape index (κ2) is 7.86. The van der Waals surface area contributed by atoms with Gasteiger partial charge in [-0.3, -0.25) is 9.59 Å². The van der Waals surface area contributed by atoms with Crippen molar-refractivity contribution in [2.45, 2.75) is 19.6 Å². The summed E-state index contributed by atoms with van der Waals surface area (Å²) in [6.07, 6.45) is -1.05. The van der Waals surface area contributed by atoms with Crippen LogP contribution in [0.1, 0.15) is 23.0 Å². The van der Waals surface area contributed by atoms with Crippen molar-refractivity contribution in [2.75, 3.05) is 6.79 Å². The molecule has 1 aromatic heterocycles. The van der Waals surface area contributed by atoms with Crippen LogP contribution in [-0.2, 0) is 23.1 Å². The Hall–Kier alpha value is -3.88. The van der Waals surface area contributed by atoms with Gasteiger partial charge in [-0.05, 0) is 30.7 Å². The number of fused-ring (bicyclic) bond motifs is 2. The first-order valence-corrected chi connectivity index (χ1v) is 9.27. The summed E-state index contributed by atoms with van der Waals surface area (Å²) in [6.45, 7) is 1.88. The van der Waals surface area contributed by atoms with Crippen LogP contribution in [0.25, 0.3) is 10.8 Å². The number of esters is 1. The number of ether oxygens (including phenoxy) is 3. The smallest absolute Gasteiger partial charge is 0.360 e. The van der Waals surface area contributed by atoms with E-state index in [0.29, 0.717) is 22.3 Å². The van der Waals surface area contributed by atoms with Crippen LogP contribution < -0.4 is 20.3 Å². The summed E-state index contributed by atoms with van der Waals surface area (Å²) < 4.78 is 16.9. The maximum absolute atomic E-state index is 12.6. The molecule has 0 spiro atoms. The van der Waals surface area contributed by atoms with Gasteiger partial charge in [0.25, 0.3) is 11.5 Å². The third-order valence-corrected chi connectivity index (χ3v) is 4.71. The fraction of sp³-hybridized carbons (Fsp3) is 0.238. The minimum Gasteiger partial charge on any atom is -0.454 e. The topological polar surface area (TPSA) is 109 Å². The molecule has 9 nitrogen and oxygen atoms in total. The van der Waals surface area contributed by atoms with E-state index in [9.17, 15) is 14.4 Å². The number of nitrogens with one attached hydrogen (secondary N) is 1. The maximum atomic E-state index is 12.6. The summed E-state index contributed by atoms with van der Waals surface area (Å²) in [5.74, 6) is 0.0286. The Bertz CT molecular complexity index is 1200. The van der Waals surface area contributed by atoms with Crippen molar-refractivity contribution in [2.24, 2.45) is 7.05 Å². The molecule has 0 fully saturated rings. The fourth-order valence-electron chi connectivity index (χ4n) is 3.10. The number of amides is 1. The van der Waals surface area contributed by atoms with Gasteiger partial charge in [0.2, 0.25) is 6.79 Å². The predicted molar refractivity (Wildman–Crippen MR) is 106 cm³/mol. The largest absolute Gasteiger partial charge is 0.454 e. The van der Waals surface area contributed by atoms with Crippen molar-refractivity contribution in [3.63, 3.8) is 0 Å². The molecular weight excluding hydrogens is 390 g/mol. The van der Waals surface area contributed by atoms with Crippen LogP contribution in [0.4, 0.5) is 0 Å². The number of aromatic nitrogens is 2. The van der Waals surface area contributed by atoms with E-state index in [1.807, 2.05) is 6.07 Å². The lowest BCUT2D eigenvalue weighted by Crippen LogP contribution is -2.36. The highest BCUT2D eigenvalue weighted by atomic mass is 16.7. The molecule has 30 heavy (non-hydrogen) atoms. The van der Waals surface area contributed by atoms with Crippen molar-refractivity contribution in [3.05, 3.63) is 64.1 Å². The molecule has 0 saturated heterocycles. The second-order valence-electron chi connectivity index (χ2n) is 6.78. The standard InChI is InChI=1S/C21H19N3O6/c1-12(19(25)22-10-13-7-8-16-17(9-13)29-11-28-16)30-21(27)18-14-5-3-4-6-15(14)20(26)24(2)23-18/h3-9,12H,10-11H2,1-2H3,(H,22,25)/t12-/m0/s1. The first-order valence-electron chi connectivity index (χ1n) is 9.27. The Morgan fingerprint density at radius 3 is 2.70 bits per heavy atom. The fourth-order valence-corrected chi connectivity index (χ4v) is 3.10. The van der Waals surface area contributed by atoms with Crippen molar-refractivity contribution in [1.29, 1.82) is 0 Å². The Labute approximate surface area is 171 Å². The highest BCUT2D eigenvalue weighted by molar-refractivity contribution is 6.02. The Morgan fingerprint density at radius 1 is 1.17 bits per heavy atom. The lowest BCUT2D eigenvalue weighted by Gasteiger charge is -2.14. The third-order valence-electron chi connectivity index (χ3n) is 4.71. The van der Waals surface area contributed by atoms with Crippen molar-refractivity contribution >= 4 is 22.6 Å². The van der Waals surface area contributed by atoms with Crippen LogP contribution in [0.3, 0.4) is 0 Å². The molecule has 1 aliphatic rings. The molecule has 0 saturated carbocycles. The zero-order valence-electron chi connectivity index (χ0n) is 16.4. The minimum atomic E-state index is -1.05. The molecule has 1 N–H and O–H groups in total. The first kappa shape index (κ1) is 19.4. The summed E-state index contributed by atoms with van der Waals surface area (Å²) in [6, 6.07) is 12.0. The molecule has 9 heteroatoms. The van der Waals surface area contributed by atoms with Gasteiger partial charge in [0.15, 0.2) is 23.3 Å². The number of benzene rings is 2. The van der Waals surface area contributed by atoms with E-state index in [0.717, 1.165) is 10.2 Å². The van der Waals surface area contributed by atoms with Crippen LogP contribution in [0.2, 0.25) is 0 Å². The highest BCUT2D eigenvalue weighted by Crippen LogP contribution is 2.32. The molecule has 2 heterocycles. The average Bonchev–Trinajstić information content (AvgIpc) is 3.22. The van der Waals surface area contributed by atoms with Gasteiger partial charge in [0.1, 0.15) is 0 Å². The molecule has 0 unspecified atom stereocenters. The van der Waals surface area contributed by atoms with Crippen LogP contribution in [0.5, 0.6) is 11.5 Å². The molecule has 3 aromatic rings. The maximum Gasteiger partial charge on any atom is 0.360 e. The zero-order valence-corrected chi connectivity index (χ0v) is 16.4. The Balaban J connectivity index is 1.43. The summed E-state index contributed by atoms with van der Waals surface area (Å²) in [4.78, 5) is 37.2. The average molecular weight is 409 g/mol. The number of hydrogen-bond donors (Lipinski definition) is 1. The number of aryl methyl sites for hydroxylation is 1. The summed E-state index contributed by atoms with van der Waals surface area (Å²) >= 11 is 0. The predicted octanol–water partition coefficient (Wildman–Crippen LogP) is 1.52. The number of rotatable bonds is 5. The normalized spacial score (nSPS) is 13.1. The SMILES string of the molecule is C[C@H](OC(=O)c1nn(C)c(=O)c2ccccc12)C(=O)NCc1ccc2c(c1)OCO2. The first-order chi connectivity index (χ1) is 14.4. The molecule has 1 aliphatic heterocycles. The Kier molecular flexibility index (Phi) is 5.09. The molecule has 154 valence electrons. The summed E-state index contributed by atoms with van der Waals surface area (Å²) in [5, 5.41) is 7.45. The van der Waals surface area contributed by atoms with Gasteiger partial charge in [-0.1, -0.05) is 24.3 Å². The van der Waals surface area contributed by atoms with Gasteiger partial charge in [-0.25, -0.2) is 9.48 Å². The second-order valence-corrected chi connectivity index (χ2v) is 6.78. The van der Waals surface area contributed by atoms with E-state index < -0.39 is 18.0 Å². The van der Waals surface area contributed by atoms with E-state index in [4.69, 9.17) is 14.2 Å². The molecule has 2 aromatic carbocycles. The van der Waals surface area contributed by atoms with Gasteiger partial charge in [-0.15, -0.1) is 0 Å². The molecule has 0 bridgehead atoms. The van der Waals surface area contributed by atoms with Crippen molar-refractivity contribution in [1.82, 2.24) is 15.1 Å². The van der Waals surface area contributed by atoms with Crippen LogP contribution in [0, 0.1) is 0 Å². The quantitative estimate of drug-likeness (QED) is 0.637. The van der Waals surface area contributed by atoms with Crippen LogP contribution >= 0.6 is 0 Å². The number of carbonyl (C=O) groups is 2. The van der Waals surface area contributed by atoms with E-state index >= 15 is 0 Å². The minimum absolute atomic E-state index is 0.0249. The van der Waals surface area contributed by atoms with Gasteiger partial charge < -0.3 is 19.5 Å². The van der Waals surface area contributed by atoms with Crippen LogP contribution in [-0.4, -0.2) is 34.6 Å². The Morgan fingerprint density at radius 2 is 1.90 bits per heavy atom. The zero-order chi connectivity index (χ0) is 21.3. The number of hydrogen-bond acceptors (Lipinski definition) is 7. The molecule has 0 aliphatic carbocycles. The van der Waals surface area contributed by atoms with E-state index in [1.54, 1.807) is 36.4 Å². The molecular formula is C21H19N3O6. The van der Waals surface area contributed by atoms with Gasteiger partial charge in [-0.2, -0.15) is 5.10 Å². The van der Waals surface area contributed by atoms with Gasteiger partial charge in [0.05, 0.1) is 5.39 Å². The van der Waals surface area contributed by atoms with Crippen LogP contribution in [0.15, 0.2) is 47.3 Å². The van der Waals surface area contributed by atoms with E-state index in [2.05, 4.69) is 10.4 Å². The van der Waals surface area contributed by atoms with E-state index in [-0.39, 0.29) is 24.6 Å². The molecule has 0 radical (unpaired) electrons. The lowest BCUT2D eigenvalue weighted by molar-refractivity contribution is -0.129. The summed E-state index contributed by atoms with van der Waals surface area (Å²) in [5.41, 5.74) is 0.469. The summed E-state index contributed by atoms with van der Waals surface area (Å²) in [7, 11) is 1.45. The van der Waals surface area contributed by atoms with Crippen molar-refractivity contribution < 1.29 is 23.8 Å². The monoisotopic (exact) mass is 409 g/mol. The molecule has 1 atom stereocenters. The van der Waals surface area contributed by atoms with Gasteiger partial charge >= 0.3 is 5.97 Å². The third kappa shape index (κ3) is 3.69. The van der Waals surface area contributed by atoms with Crippen molar-refractivity contribution in [3.8, 4) is 11.5 Å². The van der Waals surface area contributed by atoms with E-state index in [1.165, 1.54) is 14.0 Å². The van der Waals surface area contributed by atoms with Gasteiger partial charge in [0, 0.05) is 19.0 Å². The lowest BCUT2D eigenvalue weighted by atomic mass is 10.1. The molecule has 1 amide bonds. The number of nitrogens with zero attached hydrogens (tertiary/aromatic N) is 2. The highest BCUT2D eigenvalue weighted by Gasteiger charge is 2.23. The molecule has 4 rings (SSSR count). The number of carbonyl (C=O) groups excluding carboxylic acids is 2.